The Hall–Kier alpha value is -3.48. The molecule has 0 spiro atoms. The zero-order chi connectivity index (χ0) is 23.5. The van der Waals surface area contributed by atoms with E-state index in [0.717, 1.165) is 47.8 Å². The van der Waals surface area contributed by atoms with Crippen molar-refractivity contribution in [3.8, 4) is 11.1 Å². The molecule has 0 bridgehead atoms. The smallest absolute Gasteiger partial charge is 0.351 e. The van der Waals surface area contributed by atoms with Crippen LogP contribution in [0.1, 0.15) is 48.8 Å². The van der Waals surface area contributed by atoms with E-state index < -0.39 is 0 Å². The van der Waals surface area contributed by atoms with Crippen LogP contribution in [0.25, 0.3) is 16.9 Å². The highest BCUT2D eigenvalue weighted by molar-refractivity contribution is 5.65. The van der Waals surface area contributed by atoms with Gasteiger partial charge >= 0.3 is 5.69 Å². The molecule has 1 aliphatic heterocycles. The molecule has 4 heterocycles. The lowest BCUT2D eigenvalue weighted by molar-refractivity contribution is 0.590. The first-order chi connectivity index (χ1) is 15.6. The number of nitrogens with zero attached hydrogens (tertiary/aromatic N) is 6. The van der Waals surface area contributed by atoms with Gasteiger partial charge in [-0.1, -0.05) is 45.0 Å². The van der Waals surface area contributed by atoms with Gasteiger partial charge in [0.25, 0.3) is 5.78 Å². The summed E-state index contributed by atoms with van der Waals surface area (Å²) in [5.41, 5.74) is 7.84. The number of pyridine rings is 1. The lowest BCUT2D eigenvalue weighted by Crippen LogP contribution is -2.33. The molecule has 0 atom stereocenters. The maximum Gasteiger partial charge on any atom is 0.351 e. The first-order valence-corrected chi connectivity index (χ1v) is 11.4. The summed E-state index contributed by atoms with van der Waals surface area (Å²) >= 11 is 0. The number of aryl methyl sites for hydroxylation is 2. The Bertz CT molecular complexity index is 1420. The van der Waals surface area contributed by atoms with E-state index >= 15 is 0 Å². The minimum Gasteiger partial charge on any atom is -0.351 e. The van der Waals surface area contributed by atoms with E-state index in [4.69, 9.17) is 9.97 Å². The van der Waals surface area contributed by atoms with Gasteiger partial charge in [-0.3, -0.25) is 4.98 Å². The van der Waals surface area contributed by atoms with E-state index in [1.807, 2.05) is 20.0 Å². The molecule has 3 aromatic heterocycles. The van der Waals surface area contributed by atoms with Crippen LogP contribution in [-0.2, 0) is 25.4 Å². The van der Waals surface area contributed by atoms with Gasteiger partial charge in [0, 0.05) is 55.3 Å². The molecule has 5 rings (SSSR count). The second-order valence-electron chi connectivity index (χ2n) is 10.0. The van der Waals surface area contributed by atoms with Crippen LogP contribution in [0.2, 0.25) is 0 Å². The zero-order valence-electron chi connectivity index (χ0n) is 20.2. The van der Waals surface area contributed by atoms with Gasteiger partial charge in [0.2, 0.25) is 0 Å². The van der Waals surface area contributed by atoms with Crippen LogP contribution < -0.4 is 10.6 Å². The average molecular weight is 443 g/mol. The number of benzene rings is 1. The van der Waals surface area contributed by atoms with Crippen LogP contribution >= 0.6 is 0 Å². The monoisotopic (exact) mass is 442 g/mol. The topological polar surface area (TPSA) is 68.3 Å². The zero-order valence-corrected chi connectivity index (χ0v) is 20.2. The molecular formula is C26H30N6O. The van der Waals surface area contributed by atoms with Gasteiger partial charge in [-0.25, -0.2) is 13.9 Å². The van der Waals surface area contributed by atoms with E-state index in [1.54, 1.807) is 11.4 Å². The Morgan fingerprint density at radius 1 is 1.03 bits per heavy atom. The molecule has 0 unspecified atom stereocenters. The molecule has 1 aliphatic rings. The summed E-state index contributed by atoms with van der Waals surface area (Å²) < 4.78 is 2.92. The van der Waals surface area contributed by atoms with Gasteiger partial charge in [-0.05, 0) is 42.0 Å². The van der Waals surface area contributed by atoms with Gasteiger partial charge in [0.15, 0.2) is 0 Å². The summed E-state index contributed by atoms with van der Waals surface area (Å²) in [6, 6.07) is 11.0. The standard InChI is InChI=1S/C26H30N6O/c1-16-17(2)32-24(29-30(6)25(32)33)28-23(16)31-12-11-22-20(15-31)13-19(14-27-22)18-7-9-21(10-8-18)26(3,4)5/h7-10,13-14H,11-12,15H2,1-6H3. The molecular weight excluding hydrogens is 412 g/mol. The van der Waals surface area contributed by atoms with Crippen molar-refractivity contribution in [2.24, 2.45) is 7.05 Å². The number of anilines is 1. The molecule has 170 valence electrons. The molecule has 1 aromatic carbocycles. The van der Waals surface area contributed by atoms with Crippen molar-refractivity contribution in [2.75, 3.05) is 11.4 Å². The highest BCUT2D eigenvalue weighted by atomic mass is 16.2. The molecule has 0 N–H and O–H groups in total. The lowest BCUT2D eigenvalue weighted by atomic mass is 9.86. The fourth-order valence-corrected chi connectivity index (χ4v) is 4.56. The number of hydrogen-bond acceptors (Lipinski definition) is 5. The van der Waals surface area contributed by atoms with Crippen molar-refractivity contribution in [3.63, 3.8) is 0 Å². The fourth-order valence-electron chi connectivity index (χ4n) is 4.56. The van der Waals surface area contributed by atoms with E-state index in [1.165, 1.54) is 21.4 Å². The van der Waals surface area contributed by atoms with Crippen molar-refractivity contribution in [2.45, 2.75) is 53.0 Å². The number of rotatable bonds is 2. The van der Waals surface area contributed by atoms with Crippen LogP contribution in [0.15, 0.2) is 41.3 Å². The lowest BCUT2D eigenvalue weighted by Gasteiger charge is -2.31. The molecule has 7 nitrogen and oxygen atoms in total. The van der Waals surface area contributed by atoms with Crippen LogP contribution in [0.4, 0.5) is 5.82 Å². The normalized spacial score (nSPS) is 14.1. The average Bonchev–Trinajstić information content (AvgIpc) is 3.08. The summed E-state index contributed by atoms with van der Waals surface area (Å²) in [6.45, 7) is 12.2. The van der Waals surface area contributed by atoms with Crippen molar-refractivity contribution in [1.29, 1.82) is 0 Å². The third-order valence-electron chi connectivity index (χ3n) is 6.75. The van der Waals surface area contributed by atoms with Crippen LogP contribution in [0.5, 0.6) is 0 Å². The molecule has 0 saturated carbocycles. The van der Waals surface area contributed by atoms with E-state index in [-0.39, 0.29) is 11.1 Å². The first-order valence-electron chi connectivity index (χ1n) is 11.4. The Labute approximate surface area is 193 Å². The number of fused-ring (bicyclic) bond motifs is 2. The first kappa shape index (κ1) is 21.4. The number of aromatic nitrogens is 5. The Balaban J connectivity index is 1.49. The van der Waals surface area contributed by atoms with Gasteiger partial charge in [-0.2, -0.15) is 4.98 Å². The second-order valence-corrected chi connectivity index (χ2v) is 10.0. The third kappa shape index (κ3) is 3.61. The maximum absolute atomic E-state index is 12.4. The molecule has 0 aliphatic carbocycles. The fraction of sp³-hybridized carbons (Fsp3) is 0.385. The van der Waals surface area contributed by atoms with E-state index in [9.17, 15) is 4.79 Å². The van der Waals surface area contributed by atoms with E-state index in [2.05, 4.69) is 61.1 Å². The van der Waals surface area contributed by atoms with Crippen LogP contribution in [0, 0.1) is 13.8 Å². The molecule has 0 fully saturated rings. The SMILES string of the molecule is Cc1c(N2CCc3ncc(-c4ccc(C(C)(C)C)cc4)cc3C2)nc2nn(C)c(=O)n2c1C. The van der Waals surface area contributed by atoms with Crippen molar-refractivity contribution in [1.82, 2.24) is 24.1 Å². The minimum absolute atomic E-state index is 0.135. The van der Waals surface area contributed by atoms with Crippen LogP contribution in [-0.4, -0.2) is 30.7 Å². The predicted octanol–water partition coefficient (Wildman–Crippen LogP) is 3.97. The molecule has 0 radical (unpaired) electrons. The maximum atomic E-state index is 12.4. The Morgan fingerprint density at radius 2 is 1.76 bits per heavy atom. The summed E-state index contributed by atoms with van der Waals surface area (Å²) in [6.07, 6.45) is 2.85. The van der Waals surface area contributed by atoms with Crippen molar-refractivity contribution < 1.29 is 0 Å². The highest BCUT2D eigenvalue weighted by Gasteiger charge is 2.23. The van der Waals surface area contributed by atoms with Gasteiger partial charge in [0.1, 0.15) is 5.82 Å². The minimum atomic E-state index is -0.167. The Morgan fingerprint density at radius 3 is 2.45 bits per heavy atom. The molecule has 0 amide bonds. The van der Waals surface area contributed by atoms with Crippen LogP contribution in [0.3, 0.4) is 0 Å². The number of hydrogen-bond donors (Lipinski definition) is 0. The molecule has 7 heteroatoms. The highest BCUT2D eigenvalue weighted by Crippen LogP contribution is 2.30. The summed E-state index contributed by atoms with van der Waals surface area (Å²) in [7, 11) is 1.66. The molecule has 4 aromatic rings. The molecule has 33 heavy (non-hydrogen) atoms. The third-order valence-corrected chi connectivity index (χ3v) is 6.75. The van der Waals surface area contributed by atoms with Gasteiger partial charge < -0.3 is 4.90 Å². The van der Waals surface area contributed by atoms with Gasteiger partial charge in [0.05, 0.1) is 0 Å². The Kier molecular flexibility index (Phi) is 4.88. The second kappa shape index (κ2) is 7.54. The predicted molar refractivity (Wildman–Crippen MR) is 131 cm³/mol. The van der Waals surface area contributed by atoms with Gasteiger partial charge in [-0.15, -0.1) is 5.10 Å². The summed E-state index contributed by atoms with van der Waals surface area (Å²) in [5.74, 6) is 1.33. The largest absolute Gasteiger partial charge is 0.351 e. The van der Waals surface area contributed by atoms with E-state index in [0.29, 0.717) is 5.78 Å². The summed E-state index contributed by atoms with van der Waals surface area (Å²) in [5, 5.41) is 4.31. The summed E-state index contributed by atoms with van der Waals surface area (Å²) in [4.78, 5) is 24.2. The van der Waals surface area contributed by atoms with Crippen molar-refractivity contribution >= 4 is 11.6 Å². The van der Waals surface area contributed by atoms with Crippen molar-refractivity contribution in [3.05, 3.63) is 75.1 Å². The molecule has 0 saturated heterocycles. The quantitative estimate of drug-likeness (QED) is 0.470.